The Morgan fingerprint density at radius 2 is 1.64 bits per heavy atom. The van der Waals surface area contributed by atoms with Crippen LogP contribution in [0.3, 0.4) is 0 Å². The minimum Gasteiger partial charge on any atom is -0.488 e. The highest BCUT2D eigenvalue weighted by Crippen LogP contribution is 2.27. The van der Waals surface area contributed by atoms with Crippen molar-refractivity contribution in [2.45, 2.75) is 27.4 Å². The minimum absolute atomic E-state index is 0.208. The van der Waals surface area contributed by atoms with Gasteiger partial charge in [0.25, 0.3) is 11.8 Å². The fourth-order valence-electron chi connectivity index (χ4n) is 3.19. The summed E-state index contributed by atoms with van der Waals surface area (Å²) in [6.45, 7) is 5.60. The molecule has 8 nitrogen and oxygen atoms in total. The smallest absolute Gasteiger partial charge is 0.281 e. The van der Waals surface area contributed by atoms with Gasteiger partial charge in [-0.25, -0.2) is 4.98 Å². The molecule has 4 aromatic rings. The zero-order chi connectivity index (χ0) is 23.4. The number of nitrogens with zero attached hydrogens (tertiary/aromatic N) is 2. The normalized spacial score (nSPS) is 10.6. The van der Waals surface area contributed by atoms with Crippen LogP contribution in [-0.4, -0.2) is 22.0 Å². The SMILES string of the molecule is Cc1nc(-c2ccccc2)sc1C(=O)NNC(=O)c1ccccc1OCc1c(C)noc1C. The first-order valence-electron chi connectivity index (χ1n) is 10.2. The number of benzene rings is 2. The molecular formula is C24H22N4O4S. The number of amides is 2. The van der Waals surface area contributed by atoms with Crippen molar-refractivity contribution in [3.8, 4) is 16.3 Å². The molecule has 0 spiro atoms. The third kappa shape index (κ3) is 4.93. The van der Waals surface area contributed by atoms with Crippen molar-refractivity contribution in [2.24, 2.45) is 0 Å². The van der Waals surface area contributed by atoms with Gasteiger partial charge < -0.3 is 9.26 Å². The number of aromatic nitrogens is 2. The Hall–Kier alpha value is -3.98. The lowest BCUT2D eigenvalue weighted by Gasteiger charge is -2.12. The van der Waals surface area contributed by atoms with Gasteiger partial charge in [0.15, 0.2) is 0 Å². The van der Waals surface area contributed by atoms with E-state index in [1.807, 2.05) is 37.3 Å². The maximum atomic E-state index is 12.8. The molecule has 2 N–H and O–H groups in total. The Kier molecular flexibility index (Phi) is 6.50. The minimum atomic E-state index is -0.497. The lowest BCUT2D eigenvalue weighted by Crippen LogP contribution is -2.41. The molecule has 2 aromatic carbocycles. The van der Waals surface area contributed by atoms with Crippen LogP contribution < -0.4 is 15.6 Å². The fraction of sp³-hybridized carbons (Fsp3) is 0.167. The van der Waals surface area contributed by atoms with E-state index >= 15 is 0 Å². The molecule has 9 heteroatoms. The molecule has 0 saturated carbocycles. The summed E-state index contributed by atoms with van der Waals surface area (Å²) >= 11 is 1.27. The van der Waals surface area contributed by atoms with Crippen molar-refractivity contribution in [1.82, 2.24) is 21.0 Å². The van der Waals surface area contributed by atoms with Crippen molar-refractivity contribution in [3.63, 3.8) is 0 Å². The van der Waals surface area contributed by atoms with Gasteiger partial charge in [-0.05, 0) is 32.9 Å². The molecule has 0 bridgehead atoms. The van der Waals surface area contributed by atoms with Crippen LogP contribution in [0.4, 0.5) is 0 Å². The van der Waals surface area contributed by atoms with E-state index in [2.05, 4.69) is 21.0 Å². The monoisotopic (exact) mass is 462 g/mol. The zero-order valence-electron chi connectivity index (χ0n) is 18.3. The predicted octanol–water partition coefficient (Wildman–Crippen LogP) is 4.38. The number of para-hydroxylation sites is 1. The Morgan fingerprint density at radius 3 is 2.36 bits per heavy atom. The number of hydrogen-bond donors (Lipinski definition) is 2. The highest BCUT2D eigenvalue weighted by atomic mass is 32.1. The molecule has 33 heavy (non-hydrogen) atoms. The van der Waals surface area contributed by atoms with Crippen LogP contribution in [0.2, 0.25) is 0 Å². The van der Waals surface area contributed by atoms with Gasteiger partial charge in [-0.2, -0.15) is 0 Å². The van der Waals surface area contributed by atoms with Crippen LogP contribution in [-0.2, 0) is 6.61 Å². The lowest BCUT2D eigenvalue weighted by molar-refractivity contribution is 0.0845. The van der Waals surface area contributed by atoms with Gasteiger partial charge in [-0.3, -0.25) is 20.4 Å². The standard InChI is InChI=1S/C24H22N4O4S/c1-14-19(16(3)32-28-14)13-31-20-12-8-7-11-18(20)22(29)26-27-23(30)21-15(2)25-24(33-21)17-9-5-4-6-10-17/h4-12H,13H2,1-3H3,(H,26,29)(H,27,30). The Morgan fingerprint density at radius 1 is 0.939 bits per heavy atom. The average Bonchev–Trinajstić information content (AvgIpc) is 3.38. The maximum absolute atomic E-state index is 12.8. The topological polar surface area (TPSA) is 106 Å². The van der Waals surface area contributed by atoms with E-state index in [4.69, 9.17) is 9.26 Å². The molecule has 2 heterocycles. The first-order valence-corrected chi connectivity index (χ1v) is 11.0. The van der Waals surface area contributed by atoms with Gasteiger partial charge in [0.2, 0.25) is 0 Å². The number of hydrogen-bond acceptors (Lipinski definition) is 7. The number of ether oxygens (including phenoxy) is 1. The van der Waals surface area contributed by atoms with Gasteiger partial charge in [-0.1, -0.05) is 47.6 Å². The summed E-state index contributed by atoms with van der Waals surface area (Å²) in [7, 11) is 0. The van der Waals surface area contributed by atoms with Gasteiger partial charge in [0.05, 0.1) is 22.5 Å². The Bertz CT molecular complexity index is 1280. The molecule has 0 aliphatic carbocycles. The second-order valence-electron chi connectivity index (χ2n) is 7.30. The predicted molar refractivity (Wildman–Crippen MR) is 124 cm³/mol. The van der Waals surface area contributed by atoms with E-state index in [9.17, 15) is 9.59 Å². The fourth-order valence-corrected chi connectivity index (χ4v) is 4.15. The van der Waals surface area contributed by atoms with Crippen molar-refractivity contribution >= 4 is 23.2 Å². The number of thiazole rings is 1. The summed E-state index contributed by atoms with van der Waals surface area (Å²) in [6, 6.07) is 16.4. The van der Waals surface area contributed by atoms with Gasteiger partial charge in [-0.15, -0.1) is 11.3 Å². The van der Waals surface area contributed by atoms with Crippen LogP contribution in [0.25, 0.3) is 10.6 Å². The van der Waals surface area contributed by atoms with Crippen LogP contribution in [0.1, 0.15) is 42.7 Å². The van der Waals surface area contributed by atoms with Crippen molar-refractivity contribution in [3.05, 3.63) is 87.7 Å². The molecule has 4 rings (SSSR count). The van der Waals surface area contributed by atoms with Gasteiger partial charge >= 0.3 is 0 Å². The molecule has 0 radical (unpaired) electrons. The molecule has 2 amide bonds. The van der Waals surface area contributed by atoms with E-state index in [1.165, 1.54) is 11.3 Å². The largest absolute Gasteiger partial charge is 0.488 e. The van der Waals surface area contributed by atoms with Crippen molar-refractivity contribution in [1.29, 1.82) is 0 Å². The average molecular weight is 463 g/mol. The van der Waals surface area contributed by atoms with Crippen LogP contribution in [0, 0.1) is 20.8 Å². The van der Waals surface area contributed by atoms with Crippen molar-refractivity contribution in [2.75, 3.05) is 0 Å². The maximum Gasteiger partial charge on any atom is 0.281 e. The molecule has 0 saturated heterocycles. The third-order valence-electron chi connectivity index (χ3n) is 5.00. The van der Waals surface area contributed by atoms with E-state index in [0.717, 1.165) is 21.8 Å². The zero-order valence-corrected chi connectivity index (χ0v) is 19.2. The van der Waals surface area contributed by atoms with Crippen molar-refractivity contribution < 1.29 is 18.8 Å². The molecule has 0 aliphatic heterocycles. The number of hydrazine groups is 1. The van der Waals surface area contributed by atoms with E-state index in [-0.39, 0.29) is 12.2 Å². The summed E-state index contributed by atoms with van der Waals surface area (Å²) in [6.07, 6.45) is 0. The highest BCUT2D eigenvalue weighted by Gasteiger charge is 2.19. The highest BCUT2D eigenvalue weighted by molar-refractivity contribution is 7.17. The molecule has 2 aromatic heterocycles. The number of carbonyl (C=O) groups excluding carboxylic acids is 2. The molecular weight excluding hydrogens is 440 g/mol. The number of rotatable bonds is 6. The third-order valence-corrected chi connectivity index (χ3v) is 6.20. The van der Waals surface area contributed by atoms with Gasteiger partial charge in [0, 0.05) is 5.56 Å². The summed E-state index contributed by atoms with van der Waals surface area (Å²) in [5, 5.41) is 4.64. The first-order chi connectivity index (χ1) is 15.9. The molecule has 0 aliphatic rings. The Balaban J connectivity index is 1.42. The van der Waals surface area contributed by atoms with E-state index in [1.54, 1.807) is 38.1 Å². The molecule has 0 atom stereocenters. The summed E-state index contributed by atoms with van der Waals surface area (Å²) in [5.74, 6) is 0.110. The summed E-state index contributed by atoms with van der Waals surface area (Å²) in [4.78, 5) is 30.3. The second kappa shape index (κ2) is 9.66. The van der Waals surface area contributed by atoms with Crippen LogP contribution in [0.5, 0.6) is 5.75 Å². The number of carbonyl (C=O) groups is 2. The molecule has 168 valence electrons. The summed E-state index contributed by atoms with van der Waals surface area (Å²) < 4.78 is 11.0. The van der Waals surface area contributed by atoms with E-state index in [0.29, 0.717) is 22.1 Å². The van der Waals surface area contributed by atoms with Crippen LogP contribution >= 0.6 is 11.3 Å². The lowest BCUT2D eigenvalue weighted by atomic mass is 10.2. The summed E-state index contributed by atoms with van der Waals surface area (Å²) in [5.41, 5.74) is 8.30. The Labute approximate surface area is 194 Å². The van der Waals surface area contributed by atoms with Gasteiger partial charge in [0.1, 0.15) is 28.0 Å². The number of aryl methyl sites for hydroxylation is 3. The van der Waals surface area contributed by atoms with E-state index < -0.39 is 11.8 Å². The molecule has 0 fully saturated rings. The molecule has 0 unspecified atom stereocenters. The second-order valence-corrected chi connectivity index (χ2v) is 8.29. The first kappa shape index (κ1) is 22.2. The quantitative estimate of drug-likeness (QED) is 0.412. The van der Waals surface area contributed by atoms with Crippen LogP contribution in [0.15, 0.2) is 59.1 Å². The number of nitrogens with one attached hydrogen (secondary N) is 2.